The molecule has 1 amide bonds. The highest BCUT2D eigenvalue weighted by Gasteiger charge is 2.18. The number of rotatable bonds is 6. The van der Waals surface area contributed by atoms with E-state index in [9.17, 15) is 10.1 Å². The van der Waals surface area contributed by atoms with E-state index in [0.717, 1.165) is 19.3 Å². The van der Waals surface area contributed by atoms with Gasteiger partial charge in [-0.15, -0.1) is 0 Å². The zero-order valence-corrected chi connectivity index (χ0v) is 15.2. The average molecular weight is 386 g/mol. The van der Waals surface area contributed by atoms with Crippen molar-refractivity contribution < 1.29 is 4.79 Å². The molecular formula is C16H15Cl3N4O. The summed E-state index contributed by atoms with van der Waals surface area (Å²) >= 11 is 18.2. The summed E-state index contributed by atoms with van der Waals surface area (Å²) in [5.41, 5.74) is 0.664. The quantitative estimate of drug-likeness (QED) is 0.547. The van der Waals surface area contributed by atoms with E-state index >= 15 is 0 Å². The van der Waals surface area contributed by atoms with Crippen LogP contribution in [0.25, 0.3) is 5.69 Å². The monoisotopic (exact) mass is 384 g/mol. The van der Waals surface area contributed by atoms with E-state index in [1.54, 1.807) is 12.1 Å². The van der Waals surface area contributed by atoms with Crippen molar-refractivity contribution >= 4 is 46.5 Å². The fourth-order valence-electron chi connectivity index (χ4n) is 2.14. The minimum Gasteiger partial charge on any atom is -0.309 e. The van der Waals surface area contributed by atoms with E-state index in [0.29, 0.717) is 17.1 Å². The van der Waals surface area contributed by atoms with Crippen molar-refractivity contribution in [3.63, 3.8) is 0 Å². The average Bonchev–Trinajstić information content (AvgIpc) is 2.95. The van der Waals surface area contributed by atoms with Gasteiger partial charge in [0.1, 0.15) is 11.6 Å². The van der Waals surface area contributed by atoms with Crippen molar-refractivity contribution in [3.8, 4) is 11.8 Å². The van der Waals surface area contributed by atoms with Crippen LogP contribution in [0.15, 0.2) is 18.3 Å². The Morgan fingerprint density at radius 1 is 1.29 bits per heavy atom. The lowest BCUT2D eigenvalue weighted by molar-refractivity contribution is -0.116. The summed E-state index contributed by atoms with van der Waals surface area (Å²) < 4.78 is 1.38. The number of benzene rings is 1. The first-order chi connectivity index (χ1) is 11.5. The second-order valence-corrected chi connectivity index (χ2v) is 6.29. The van der Waals surface area contributed by atoms with E-state index in [2.05, 4.69) is 17.3 Å². The number of carbonyl (C=O) groups is 1. The SMILES string of the molecule is CCCCCC(=O)Nc1c(C#N)cnn1-c1ccc(Cl)c(Cl)c1Cl. The van der Waals surface area contributed by atoms with Gasteiger partial charge in [0, 0.05) is 6.42 Å². The molecule has 0 atom stereocenters. The number of hydrogen-bond acceptors (Lipinski definition) is 3. The lowest BCUT2D eigenvalue weighted by Crippen LogP contribution is -2.15. The van der Waals surface area contributed by atoms with Crippen molar-refractivity contribution in [1.82, 2.24) is 9.78 Å². The molecule has 2 aromatic rings. The molecule has 1 N–H and O–H groups in total. The predicted octanol–water partition coefficient (Wildman–Crippen LogP) is 5.22. The van der Waals surface area contributed by atoms with Gasteiger partial charge in [-0.3, -0.25) is 4.79 Å². The number of nitriles is 1. The molecule has 0 radical (unpaired) electrons. The highest BCUT2D eigenvalue weighted by molar-refractivity contribution is 6.48. The number of aromatic nitrogens is 2. The molecule has 0 spiro atoms. The summed E-state index contributed by atoms with van der Waals surface area (Å²) in [6.07, 6.45) is 4.51. The fraction of sp³-hybridized carbons (Fsp3) is 0.312. The van der Waals surface area contributed by atoms with E-state index in [1.165, 1.54) is 10.9 Å². The Balaban J connectivity index is 2.36. The molecule has 24 heavy (non-hydrogen) atoms. The van der Waals surface area contributed by atoms with Gasteiger partial charge in [-0.25, -0.2) is 4.68 Å². The van der Waals surface area contributed by atoms with Crippen LogP contribution in [0.4, 0.5) is 5.82 Å². The molecule has 1 heterocycles. The van der Waals surface area contributed by atoms with Crippen molar-refractivity contribution in [2.75, 3.05) is 5.32 Å². The molecule has 8 heteroatoms. The van der Waals surface area contributed by atoms with Gasteiger partial charge in [0.2, 0.25) is 5.91 Å². The number of halogens is 3. The normalized spacial score (nSPS) is 10.5. The maximum absolute atomic E-state index is 12.1. The predicted molar refractivity (Wildman–Crippen MR) is 96.1 cm³/mol. The van der Waals surface area contributed by atoms with Gasteiger partial charge >= 0.3 is 0 Å². The largest absolute Gasteiger partial charge is 0.309 e. The second kappa shape index (κ2) is 8.39. The maximum atomic E-state index is 12.1. The fourth-order valence-corrected chi connectivity index (χ4v) is 2.75. The Labute approximate surface area is 155 Å². The standard InChI is InChI=1S/C16H15Cl3N4O/c1-2-3-4-5-13(24)22-16-10(8-20)9-21-23(16)12-7-6-11(17)14(18)15(12)19/h6-7,9H,2-5H2,1H3,(H,22,24). The molecule has 5 nitrogen and oxygen atoms in total. The summed E-state index contributed by atoms with van der Waals surface area (Å²) in [7, 11) is 0. The first kappa shape index (κ1) is 18.6. The van der Waals surface area contributed by atoms with E-state index < -0.39 is 0 Å². The number of unbranched alkanes of at least 4 members (excludes halogenated alkanes) is 2. The van der Waals surface area contributed by atoms with Crippen LogP contribution >= 0.6 is 34.8 Å². The smallest absolute Gasteiger partial charge is 0.225 e. The number of anilines is 1. The van der Waals surface area contributed by atoms with Crippen LogP contribution in [0.3, 0.4) is 0 Å². The van der Waals surface area contributed by atoms with Crippen LogP contribution < -0.4 is 5.32 Å². The van der Waals surface area contributed by atoms with Crippen LogP contribution in [0, 0.1) is 11.3 Å². The van der Waals surface area contributed by atoms with Crippen LogP contribution in [-0.4, -0.2) is 15.7 Å². The molecule has 126 valence electrons. The molecule has 1 aromatic carbocycles. The lowest BCUT2D eigenvalue weighted by atomic mass is 10.2. The van der Waals surface area contributed by atoms with Crippen LogP contribution in [0.5, 0.6) is 0 Å². The summed E-state index contributed by atoms with van der Waals surface area (Å²) in [5.74, 6) is 0.0807. The molecule has 0 unspecified atom stereocenters. The zero-order valence-electron chi connectivity index (χ0n) is 12.9. The molecule has 0 fully saturated rings. The van der Waals surface area contributed by atoms with Crippen molar-refractivity contribution in [1.29, 1.82) is 5.26 Å². The van der Waals surface area contributed by atoms with Crippen LogP contribution in [0.1, 0.15) is 38.2 Å². The topological polar surface area (TPSA) is 70.7 Å². The van der Waals surface area contributed by atoms with E-state index in [4.69, 9.17) is 34.8 Å². The lowest BCUT2D eigenvalue weighted by Gasteiger charge is -2.12. The molecule has 0 aliphatic carbocycles. The molecule has 0 aliphatic rings. The third-order valence-electron chi connectivity index (χ3n) is 3.40. The summed E-state index contributed by atoms with van der Waals surface area (Å²) in [6.45, 7) is 2.06. The number of hydrogen-bond donors (Lipinski definition) is 1. The third-order valence-corrected chi connectivity index (χ3v) is 4.68. The Hall–Kier alpha value is -1.74. The minimum absolute atomic E-state index is 0.183. The van der Waals surface area contributed by atoms with E-state index in [1.807, 2.05) is 6.07 Å². The van der Waals surface area contributed by atoms with Crippen molar-refractivity contribution in [2.24, 2.45) is 0 Å². The van der Waals surface area contributed by atoms with Gasteiger partial charge in [-0.2, -0.15) is 10.4 Å². The second-order valence-electron chi connectivity index (χ2n) is 5.13. The summed E-state index contributed by atoms with van der Waals surface area (Å²) in [6, 6.07) is 5.20. The summed E-state index contributed by atoms with van der Waals surface area (Å²) in [4.78, 5) is 12.1. The maximum Gasteiger partial charge on any atom is 0.225 e. The molecule has 0 bridgehead atoms. The highest BCUT2D eigenvalue weighted by Crippen LogP contribution is 2.36. The van der Waals surface area contributed by atoms with Gasteiger partial charge < -0.3 is 5.32 Å². The van der Waals surface area contributed by atoms with Gasteiger partial charge in [0.15, 0.2) is 5.82 Å². The molecular weight excluding hydrogens is 371 g/mol. The Kier molecular flexibility index (Phi) is 6.50. The highest BCUT2D eigenvalue weighted by atomic mass is 35.5. The molecule has 0 saturated heterocycles. The number of amides is 1. The molecule has 0 aliphatic heterocycles. The molecule has 2 rings (SSSR count). The Morgan fingerprint density at radius 3 is 2.71 bits per heavy atom. The van der Waals surface area contributed by atoms with Gasteiger partial charge in [-0.1, -0.05) is 54.6 Å². The zero-order chi connectivity index (χ0) is 17.7. The third kappa shape index (κ3) is 4.02. The van der Waals surface area contributed by atoms with Gasteiger partial charge in [0.25, 0.3) is 0 Å². The first-order valence-corrected chi connectivity index (χ1v) is 8.54. The minimum atomic E-state index is -0.183. The number of nitrogens with zero attached hydrogens (tertiary/aromatic N) is 3. The van der Waals surface area contributed by atoms with Crippen molar-refractivity contribution in [2.45, 2.75) is 32.6 Å². The van der Waals surface area contributed by atoms with Crippen LogP contribution in [0.2, 0.25) is 15.1 Å². The molecule has 0 saturated carbocycles. The molecule has 1 aromatic heterocycles. The Bertz CT molecular complexity index is 795. The summed E-state index contributed by atoms with van der Waals surface area (Å²) in [5, 5.41) is 16.8. The van der Waals surface area contributed by atoms with Gasteiger partial charge in [-0.05, 0) is 18.6 Å². The number of carbonyl (C=O) groups excluding carboxylic acids is 1. The number of nitrogens with one attached hydrogen (secondary N) is 1. The van der Waals surface area contributed by atoms with Gasteiger partial charge in [0.05, 0.1) is 27.0 Å². The van der Waals surface area contributed by atoms with Crippen molar-refractivity contribution in [3.05, 3.63) is 39.0 Å². The van der Waals surface area contributed by atoms with E-state index in [-0.39, 0.29) is 27.3 Å². The van der Waals surface area contributed by atoms with Crippen LogP contribution in [-0.2, 0) is 4.79 Å². The Morgan fingerprint density at radius 2 is 2.04 bits per heavy atom. The first-order valence-electron chi connectivity index (χ1n) is 7.41.